The fourth-order valence-electron chi connectivity index (χ4n) is 1.36. The monoisotopic (exact) mass is 200 g/mol. The van der Waals surface area contributed by atoms with Crippen molar-refractivity contribution in [1.82, 2.24) is 0 Å². The van der Waals surface area contributed by atoms with Gasteiger partial charge in [-0.25, -0.2) is 0 Å². The fourth-order valence-corrected chi connectivity index (χ4v) is 2.29. The summed E-state index contributed by atoms with van der Waals surface area (Å²) in [6.07, 6.45) is 4.25. The molecule has 0 bridgehead atoms. The smallest absolute Gasteiger partial charge is 0.267 e. The second-order valence-corrected chi connectivity index (χ2v) is 4.47. The first kappa shape index (κ1) is 11.2. The molecule has 11 heavy (non-hydrogen) atoms. The van der Waals surface area contributed by atoms with E-state index in [0.29, 0.717) is 12.8 Å². The Hall–Kier alpha value is 0.200. The van der Waals surface area contributed by atoms with Gasteiger partial charge in [0, 0.05) is 0 Å². The van der Waals surface area contributed by atoms with Crippen molar-refractivity contribution in [3.05, 3.63) is 0 Å². The quantitative estimate of drug-likeness (QED) is 0.655. The molecule has 68 valence electrons. The lowest BCUT2D eigenvalue weighted by atomic mass is 10.0. The van der Waals surface area contributed by atoms with Crippen LogP contribution in [0.2, 0.25) is 0 Å². The average Bonchev–Trinajstić information content (AvgIpc) is 1.88. The predicted molar refractivity (Wildman–Crippen MR) is 45.7 cm³/mol. The van der Waals surface area contributed by atoms with Crippen molar-refractivity contribution < 1.29 is 13.0 Å². The molecule has 0 aromatic heterocycles. The van der Waals surface area contributed by atoms with E-state index >= 15 is 0 Å². The maximum Gasteiger partial charge on any atom is 0.267 e. The summed E-state index contributed by atoms with van der Waals surface area (Å²) in [4.78, 5) is 0. The topological polar surface area (TPSA) is 54.4 Å². The summed E-state index contributed by atoms with van der Waals surface area (Å²) in [5.41, 5.74) is 0. The van der Waals surface area contributed by atoms with Crippen molar-refractivity contribution in [2.24, 2.45) is 0 Å². The second kappa shape index (κ2) is 4.28. The molecule has 0 aromatic rings. The van der Waals surface area contributed by atoms with E-state index in [0.717, 1.165) is 19.3 Å². The van der Waals surface area contributed by atoms with Crippen molar-refractivity contribution in [1.29, 1.82) is 0 Å². The molecule has 1 fully saturated rings. The summed E-state index contributed by atoms with van der Waals surface area (Å²) in [7, 11) is -3.73. The van der Waals surface area contributed by atoms with Gasteiger partial charge in [0.05, 0.1) is 5.25 Å². The summed E-state index contributed by atoms with van der Waals surface area (Å²) in [6.45, 7) is 0. The van der Waals surface area contributed by atoms with E-state index in [2.05, 4.69) is 0 Å². The van der Waals surface area contributed by atoms with Crippen LogP contribution in [-0.4, -0.2) is 18.2 Å². The summed E-state index contributed by atoms with van der Waals surface area (Å²) in [5, 5.41) is -0.471. The van der Waals surface area contributed by atoms with Gasteiger partial charge >= 0.3 is 0 Å². The van der Waals surface area contributed by atoms with Crippen LogP contribution in [0.4, 0.5) is 0 Å². The highest BCUT2D eigenvalue weighted by Gasteiger charge is 2.24. The van der Waals surface area contributed by atoms with Crippen LogP contribution in [0.3, 0.4) is 0 Å². The number of rotatable bonds is 1. The number of hydrogen-bond donors (Lipinski definition) is 1. The zero-order chi connectivity index (χ0) is 7.61. The van der Waals surface area contributed by atoms with E-state index in [-0.39, 0.29) is 12.4 Å². The third kappa shape index (κ3) is 3.40. The molecule has 5 heteroatoms. The Labute approximate surface area is 73.3 Å². The molecule has 1 rings (SSSR count). The third-order valence-corrected chi connectivity index (χ3v) is 3.29. The molecule has 0 unspecified atom stereocenters. The van der Waals surface area contributed by atoms with Crippen LogP contribution in [0.15, 0.2) is 0 Å². The van der Waals surface area contributed by atoms with Gasteiger partial charge < -0.3 is 0 Å². The normalized spacial score (nSPS) is 20.8. The van der Waals surface area contributed by atoms with Gasteiger partial charge in [-0.05, 0) is 12.8 Å². The molecule has 3 nitrogen and oxygen atoms in total. The van der Waals surface area contributed by atoms with Gasteiger partial charge in [0.25, 0.3) is 10.1 Å². The van der Waals surface area contributed by atoms with Gasteiger partial charge in [0.15, 0.2) is 0 Å². The molecule has 1 saturated carbocycles. The second-order valence-electron chi connectivity index (χ2n) is 2.77. The van der Waals surface area contributed by atoms with E-state index in [4.69, 9.17) is 4.55 Å². The molecule has 0 aliphatic heterocycles. The Bertz CT molecular complexity index is 194. The molecule has 0 radical (unpaired) electrons. The van der Waals surface area contributed by atoms with Gasteiger partial charge in [-0.15, -0.1) is 12.4 Å². The first-order valence-corrected chi connectivity index (χ1v) is 5.07. The average molecular weight is 201 g/mol. The molecule has 0 heterocycles. The molecule has 1 aliphatic rings. The lowest BCUT2D eigenvalue weighted by molar-refractivity contribution is 0.425. The number of hydrogen-bond acceptors (Lipinski definition) is 2. The Kier molecular flexibility index (Phi) is 4.36. The Morgan fingerprint density at radius 2 is 1.55 bits per heavy atom. The first-order valence-electron chi connectivity index (χ1n) is 3.57. The summed E-state index contributed by atoms with van der Waals surface area (Å²) in [5.74, 6) is 0. The minimum absolute atomic E-state index is 0. The van der Waals surface area contributed by atoms with E-state index in [1.165, 1.54) is 0 Å². The van der Waals surface area contributed by atoms with Crippen LogP contribution in [0, 0.1) is 0 Å². The standard InChI is InChI=1S/C6H12O3S.ClH/c7-10(8,9)6-4-2-1-3-5-6;/h6H,1-5H2,(H,7,8,9);1H. The van der Waals surface area contributed by atoms with Crippen molar-refractivity contribution in [3.63, 3.8) is 0 Å². The number of halogens is 1. The molecule has 0 atom stereocenters. The highest BCUT2D eigenvalue weighted by Crippen LogP contribution is 2.22. The Morgan fingerprint density at radius 1 is 1.09 bits per heavy atom. The van der Waals surface area contributed by atoms with E-state index < -0.39 is 15.4 Å². The van der Waals surface area contributed by atoms with Crippen LogP contribution in [0.25, 0.3) is 0 Å². The van der Waals surface area contributed by atoms with Gasteiger partial charge in [-0.3, -0.25) is 4.55 Å². The van der Waals surface area contributed by atoms with Gasteiger partial charge in [0.2, 0.25) is 0 Å². The minimum atomic E-state index is -3.73. The summed E-state index contributed by atoms with van der Waals surface area (Å²) < 4.78 is 29.7. The molecule has 1 aliphatic carbocycles. The molecule has 0 aromatic carbocycles. The molecule has 0 spiro atoms. The van der Waals surface area contributed by atoms with E-state index in [1.54, 1.807) is 0 Å². The van der Waals surface area contributed by atoms with Gasteiger partial charge in [-0.1, -0.05) is 19.3 Å². The van der Waals surface area contributed by atoms with Crippen LogP contribution in [0.1, 0.15) is 32.1 Å². The van der Waals surface area contributed by atoms with E-state index in [9.17, 15) is 8.42 Å². The first-order chi connectivity index (χ1) is 4.61. The van der Waals surface area contributed by atoms with E-state index in [1.807, 2.05) is 0 Å². The minimum Gasteiger partial charge on any atom is -0.285 e. The fraction of sp³-hybridized carbons (Fsp3) is 1.00. The molecular weight excluding hydrogens is 188 g/mol. The SMILES string of the molecule is Cl.O=S(=O)(O)C1CCCCC1. The van der Waals surface area contributed by atoms with Gasteiger partial charge in [0.1, 0.15) is 0 Å². The lowest BCUT2D eigenvalue weighted by Crippen LogP contribution is -2.22. The van der Waals surface area contributed by atoms with Gasteiger partial charge in [-0.2, -0.15) is 8.42 Å². The van der Waals surface area contributed by atoms with Crippen molar-refractivity contribution in [3.8, 4) is 0 Å². The molecular formula is C6H13ClO3S. The van der Waals surface area contributed by atoms with Crippen molar-refractivity contribution >= 4 is 22.5 Å². The third-order valence-electron chi connectivity index (χ3n) is 1.97. The predicted octanol–water partition coefficient (Wildman–Crippen LogP) is 1.63. The Balaban J connectivity index is 0.000001000. The highest BCUT2D eigenvalue weighted by atomic mass is 35.5. The molecule has 1 N–H and O–H groups in total. The van der Waals surface area contributed by atoms with Crippen LogP contribution in [-0.2, 0) is 10.1 Å². The largest absolute Gasteiger partial charge is 0.285 e. The lowest BCUT2D eigenvalue weighted by Gasteiger charge is -2.17. The maximum atomic E-state index is 10.5. The van der Waals surface area contributed by atoms with Crippen LogP contribution >= 0.6 is 12.4 Å². The maximum absolute atomic E-state index is 10.5. The zero-order valence-corrected chi connectivity index (χ0v) is 7.83. The zero-order valence-electron chi connectivity index (χ0n) is 6.19. The summed E-state index contributed by atoms with van der Waals surface area (Å²) >= 11 is 0. The van der Waals surface area contributed by atoms with Crippen molar-refractivity contribution in [2.75, 3.05) is 0 Å². The van der Waals surface area contributed by atoms with Crippen molar-refractivity contribution in [2.45, 2.75) is 37.4 Å². The molecule has 0 saturated heterocycles. The highest BCUT2D eigenvalue weighted by molar-refractivity contribution is 7.86. The molecule has 0 amide bonds. The Morgan fingerprint density at radius 3 is 1.82 bits per heavy atom. The summed E-state index contributed by atoms with van der Waals surface area (Å²) in [6, 6.07) is 0. The van der Waals surface area contributed by atoms with Crippen LogP contribution in [0.5, 0.6) is 0 Å². The van der Waals surface area contributed by atoms with Crippen LogP contribution < -0.4 is 0 Å².